The second kappa shape index (κ2) is 10.0. The molecule has 0 aromatic rings. The molecule has 2 heterocycles. The van der Waals surface area contributed by atoms with Crippen molar-refractivity contribution in [1.82, 2.24) is 10.6 Å². The standard InChI is InChI=1S/C20H30N2O11/c1-6-11(21-8(3)23)13(26)17(7(2)31-6)32-20-16(29)14(27)15(28)18(33-20)19(30)22-12-9(24)4-5-10(12)25/h6-7,11,13-18,20,24,26-29H,4-5H2,1-3H3,(H,21,23)(H,22,30)/t6-,7?,11?,13+,14-,15+,16?,17+,18?,20+/m0/s1. The topological polar surface area (TPSA) is 204 Å². The van der Waals surface area contributed by atoms with Crippen LogP contribution >= 0.6 is 0 Å². The lowest BCUT2D eigenvalue weighted by Crippen LogP contribution is -2.66. The third kappa shape index (κ3) is 5.19. The zero-order chi connectivity index (χ0) is 24.6. The maximum Gasteiger partial charge on any atom is 0.256 e. The average molecular weight is 474 g/mol. The van der Waals surface area contributed by atoms with Crippen LogP contribution in [-0.4, -0.2) is 104 Å². The van der Waals surface area contributed by atoms with Gasteiger partial charge in [-0.15, -0.1) is 0 Å². The molecule has 186 valence electrons. The monoisotopic (exact) mass is 474 g/mol. The number of carbonyl (C=O) groups excluding carboxylic acids is 3. The third-order valence-electron chi connectivity index (χ3n) is 6.00. The summed E-state index contributed by atoms with van der Waals surface area (Å²) in [4.78, 5) is 35.9. The fourth-order valence-electron chi connectivity index (χ4n) is 4.20. The van der Waals surface area contributed by atoms with Gasteiger partial charge in [0.15, 0.2) is 18.2 Å². The van der Waals surface area contributed by atoms with E-state index in [4.69, 9.17) is 14.2 Å². The number of rotatable bonds is 5. The van der Waals surface area contributed by atoms with Gasteiger partial charge < -0.3 is 50.4 Å². The Morgan fingerprint density at radius 2 is 1.64 bits per heavy atom. The van der Waals surface area contributed by atoms with Crippen molar-refractivity contribution in [1.29, 1.82) is 0 Å². The first-order valence-electron chi connectivity index (χ1n) is 10.6. The minimum atomic E-state index is -1.88. The fourth-order valence-corrected chi connectivity index (χ4v) is 4.20. The lowest BCUT2D eigenvalue weighted by molar-refractivity contribution is -0.325. The van der Waals surface area contributed by atoms with E-state index >= 15 is 0 Å². The van der Waals surface area contributed by atoms with Crippen molar-refractivity contribution in [3.8, 4) is 0 Å². The predicted molar refractivity (Wildman–Crippen MR) is 107 cm³/mol. The Labute approximate surface area is 189 Å². The van der Waals surface area contributed by atoms with Crippen molar-refractivity contribution < 1.29 is 54.1 Å². The molecule has 0 bridgehead atoms. The van der Waals surface area contributed by atoms with E-state index in [2.05, 4.69) is 10.6 Å². The predicted octanol–water partition coefficient (Wildman–Crippen LogP) is -2.90. The van der Waals surface area contributed by atoms with Crippen LogP contribution < -0.4 is 10.6 Å². The molecule has 2 aliphatic heterocycles. The molecule has 2 fully saturated rings. The summed E-state index contributed by atoms with van der Waals surface area (Å²) in [7, 11) is 0. The van der Waals surface area contributed by atoms with Gasteiger partial charge in [-0.25, -0.2) is 0 Å². The highest BCUT2D eigenvalue weighted by Crippen LogP contribution is 2.29. The largest absolute Gasteiger partial charge is 0.510 e. The molecule has 7 N–H and O–H groups in total. The van der Waals surface area contributed by atoms with Crippen LogP contribution in [0.15, 0.2) is 11.5 Å². The molecule has 3 rings (SSSR count). The molecule has 13 heteroatoms. The summed E-state index contributed by atoms with van der Waals surface area (Å²) >= 11 is 0. The molecule has 1 aliphatic carbocycles. The smallest absolute Gasteiger partial charge is 0.256 e. The van der Waals surface area contributed by atoms with Crippen LogP contribution in [0, 0.1) is 0 Å². The lowest BCUT2D eigenvalue weighted by atomic mass is 9.93. The molecule has 2 saturated heterocycles. The number of allylic oxidation sites excluding steroid dienone is 2. The van der Waals surface area contributed by atoms with Crippen molar-refractivity contribution in [2.45, 2.75) is 94.8 Å². The van der Waals surface area contributed by atoms with Gasteiger partial charge in [0.2, 0.25) is 5.91 Å². The first-order valence-corrected chi connectivity index (χ1v) is 10.6. The number of carbonyl (C=O) groups is 3. The molecule has 10 atom stereocenters. The van der Waals surface area contributed by atoms with Gasteiger partial charge in [-0.1, -0.05) is 0 Å². The number of hydrogen-bond donors (Lipinski definition) is 7. The normalized spacial score (nSPS) is 41.7. The molecule has 0 radical (unpaired) electrons. The Kier molecular flexibility index (Phi) is 7.73. The molecular weight excluding hydrogens is 444 g/mol. The molecule has 0 aromatic heterocycles. The summed E-state index contributed by atoms with van der Waals surface area (Å²) in [5.41, 5.74) is -0.328. The van der Waals surface area contributed by atoms with Gasteiger partial charge in [-0.05, 0) is 13.8 Å². The average Bonchev–Trinajstić information content (AvgIpc) is 3.05. The Hall–Kier alpha value is -2.13. The summed E-state index contributed by atoms with van der Waals surface area (Å²) in [6.07, 6.45) is -12.7. The maximum atomic E-state index is 12.6. The number of nitrogens with one attached hydrogen (secondary N) is 2. The molecular formula is C20H30N2O11. The summed E-state index contributed by atoms with van der Waals surface area (Å²) < 4.78 is 16.8. The minimum Gasteiger partial charge on any atom is -0.510 e. The molecule has 2 amide bonds. The molecule has 33 heavy (non-hydrogen) atoms. The molecule has 0 saturated carbocycles. The third-order valence-corrected chi connectivity index (χ3v) is 6.00. The van der Waals surface area contributed by atoms with Crippen LogP contribution in [0.4, 0.5) is 0 Å². The number of aliphatic hydroxyl groups is 5. The second-order valence-corrected chi connectivity index (χ2v) is 8.49. The number of hydrogen-bond acceptors (Lipinski definition) is 11. The summed E-state index contributed by atoms with van der Waals surface area (Å²) in [5, 5.41) is 56.1. The quantitative estimate of drug-likeness (QED) is 0.215. The number of ether oxygens (including phenoxy) is 3. The Balaban J connectivity index is 1.75. The van der Waals surface area contributed by atoms with Crippen molar-refractivity contribution >= 4 is 17.6 Å². The Bertz CT molecular complexity index is 818. The summed E-state index contributed by atoms with van der Waals surface area (Å²) in [5.74, 6) is -2.28. The fraction of sp³-hybridized carbons (Fsp3) is 0.750. The van der Waals surface area contributed by atoms with Crippen LogP contribution in [0.2, 0.25) is 0 Å². The van der Waals surface area contributed by atoms with E-state index in [1.54, 1.807) is 13.8 Å². The number of aliphatic hydroxyl groups excluding tert-OH is 5. The van der Waals surface area contributed by atoms with Gasteiger partial charge in [-0.3, -0.25) is 14.4 Å². The van der Waals surface area contributed by atoms with Crippen LogP contribution in [0.3, 0.4) is 0 Å². The SMILES string of the molecule is CC(=O)NC1[C@H](C)OC(C)[C@@H](O[C@@H]2OC(C(=O)NC3=C(O)CCC3=O)[C@H](O)[C@H](O)C2O)[C@@H]1O. The van der Waals surface area contributed by atoms with Gasteiger partial charge in [0.05, 0.1) is 18.2 Å². The highest BCUT2D eigenvalue weighted by atomic mass is 16.7. The Morgan fingerprint density at radius 3 is 2.21 bits per heavy atom. The number of ketones is 1. The van der Waals surface area contributed by atoms with E-state index < -0.39 is 78.8 Å². The van der Waals surface area contributed by atoms with E-state index in [9.17, 15) is 39.9 Å². The molecule has 0 aromatic carbocycles. The van der Waals surface area contributed by atoms with E-state index in [1.165, 1.54) is 6.92 Å². The van der Waals surface area contributed by atoms with E-state index in [0.717, 1.165) is 0 Å². The molecule has 13 nitrogen and oxygen atoms in total. The lowest BCUT2D eigenvalue weighted by Gasteiger charge is -2.46. The summed E-state index contributed by atoms with van der Waals surface area (Å²) in [6, 6.07) is -0.845. The zero-order valence-corrected chi connectivity index (χ0v) is 18.4. The van der Waals surface area contributed by atoms with Gasteiger partial charge in [0.25, 0.3) is 5.91 Å². The van der Waals surface area contributed by atoms with Crippen molar-refractivity contribution in [3.63, 3.8) is 0 Å². The van der Waals surface area contributed by atoms with E-state index in [-0.39, 0.29) is 24.3 Å². The van der Waals surface area contributed by atoms with Gasteiger partial charge >= 0.3 is 0 Å². The number of Topliss-reactive ketones (excluding diaryl/α,β-unsaturated/α-hetero) is 1. The van der Waals surface area contributed by atoms with E-state index in [0.29, 0.717) is 0 Å². The van der Waals surface area contributed by atoms with E-state index in [1.807, 2.05) is 0 Å². The van der Waals surface area contributed by atoms with Crippen molar-refractivity contribution in [2.75, 3.05) is 0 Å². The van der Waals surface area contributed by atoms with Gasteiger partial charge in [0.1, 0.15) is 42.0 Å². The van der Waals surface area contributed by atoms with Gasteiger partial charge in [0, 0.05) is 19.8 Å². The summed E-state index contributed by atoms with van der Waals surface area (Å²) in [6.45, 7) is 4.50. The van der Waals surface area contributed by atoms with Gasteiger partial charge in [-0.2, -0.15) is 0 Å². The van der Waals surface area contributed by atoms with Crippen LogP contribution in [0.5, 0.6) is 0 Å². The molecule has 3 aliphatic rings. The highest BCUT2D eigenvalue weighted by Gasteiger charge is 2.51. The number of amides is 2. The minimum absolute atomic E-state index is 0.00788. The molecule has 4 unspecified atom stereocenters. The highest BCUT2D eigenvalue weighted by molar-refractivity contribution is 6.02. The van der Waals surface area contributed by atoms with Crippen LogP contribution in [0.1, 0.15) is 33.6 Å². The van der Waals surface area contributed by atoms with Crippen molar-refractivity contribution in [3.05, 3.63) is 11.5 Å². The first kappa shape index (κ1) is 25.5. The zero-order valence-electron chi connectivity index (χ0n) is 18.4. The van der Waals surface area contributed by atoms with Crippen LogP contribution in [-0.2, 0) is 28.6 Å². The van der Waals surface area contributed by atoms with Crippen molar-refractivity contribution in [2.24, 2.45) is 0 Å². The maximum absolute atomic E-state index is 12.6. The molecule has 0 spiro atoms. The Morgan fingerprint density at radius 1 is 0.970 bits per heavy atom. The first-order chi connectivity index (χ1) is 15.4. The second-order valence-electron chi connectivity index (χ2n) is 8.49. The van der Waals surface area contributed by atoms with Crippen LogP contribution in [0.25, 0.3) is 0 Å².